The molecule has 0 amide bonds. The van der Waals surface area contributed by atoms with Crippen LogP contribution in [0, 0.1) is 0 Å². The van der Waals surface area contributed by atoms with E-state index in [1.54, 1.807) is 0 Å². The second-order valence-electron chi connectivity index (χ2n) is 3.20. The zero-order valence-electron chi connectivity index (χ0n) is 9.27. The van der Waals surface area contributed by atoms with Crippen molar-refractivity contribution in [3.63, 3.8) is 0 Å². The summed E-state index contributed by atoms with van der Waals surface area (Å²) in [7, 11) is 1.22. The minimum absolute atomic E-state index is 0.0305. The summed E-state index contributed by atoms with van der Waals surface area (Å²) in [6, 6.07) is 4.39. The highest BCUT2D eigenvalue weighted by Crippen LogP contribution is 2.27. The second kappa shape index (κ2) is 5.54. The minimum atomic E-state index is -1.22. The summed E-state index contributed by atoms with van der Waals surface area (Å²) < 4.78 is 9.67. The first-order chi connectivity index (χ1) is 7.97. The lowest BCUT2D eigenvalue weighted by molar-refractivity contribution is -0.147. The number of ether oxygens (including phenoxy) is 2. The number of hydrogen-bond donors (Lipinski definition) is 1. The summed E-state index contributed by atoms with van der Waals surface area (Å²) in [6.07, 6.45) is -0.906. The van der Waals surface area contributed by atoms with E-state index in [1.807, 2.05) is 0 Å². The Hall–Kier alpha value is -1.75. The Balaban J connectivity index is 3.02. The highest BCUT2D eigenvalue weighted by Gasteiger charge is 2.20. The lowest BCUT2D eigenvalue weighted by Crippen LogP contribution is -2.25. The highest BCUT2D eigenvalue weighted by atomic mass is 35.5. The largest absolute Gasteiger partial charge is 0.478 e. The van der Waals surface area contributed by atoms with Gasteiger partial charge in [-0.1, -0.05) is 17.7 Å². The van der Waals surface area contributed by atoms with Crippen molar-refractivity contribution in [2.24, 2.45) is 0 Å². The Labute approximate surface area is 103 Å². The van der Waals surface area contributed by atoms with Crippen LogP contribution in [0.5, 0.6) is 5.75 Å². The van der Waals surface area contributed by atoms with Crippen molar-refractivity contribution in [3.8, 4) is 5.75 Å². The van der Waals surface area contributed by atoms with Gasteiger partial charge in [-0.05, 0) is 19.1 Å². The number of benzene rings is 1. The smallest absolute Gasteiger partial charge is 0.346 e. The third-order valence-corrected chi connectivity index (χ3v) is 2.34. The third-order valence-electron chi connectivity index (χ3n) is 2.03. The van der Waals surface area contributed by atoms with E-state index >= 15 is 0 Å². The Kier molecular flexibility index (Phi) is 4.34. The number of hydrogen-bond acceptors (Lipinski definition) is 4. The first-order valence-electron chi connectivity index (χ1n) is 4.73. The van der Waals surface area contributed by atoms with Crippen LogP contribution in [0.1, 0.15) is 17.3 Å². The third kappa shape index (κ3) is 3.10. The molecule has 0 spiro atoms. The quantitative estimate of drug-likeness (QED) is 0.836. The number of carboxylic acid groups (broad SMARTS) is 1. The predicted molar refractivity (Wildman–Crippen MR) is 60.5 cm³/mol. The van der Waals surface area contributed by atoms with E-state index < -0.39 is 18.0 Å². The molecule has 0 radical (unpaired) electrons. The van der Waals surface area contributed by atoms with Gasteiger partial charge in [0.1, 0.15) is 11.3 Å². The number of methoxy groups -OCH3 is 1. The topological polar surface area (TPSA) is 72.8 Å². The van der Waals surface area contributed by atoms with Gasteiger partial charge >= 0.3 is 11.9 Å². The first-order valence-corrected chi connectivity index (χ1v) is 5.11. The Morgan fingerprint density at radius 2 is 2.06 bits per heavy atom. The van der Waals surface area contributed by atoms with Crippen LogP contribution in [0.2, 0.25) is 5.02 Å². The SMILES string of the molecule is COC(=O)C(C)Oc1cccc(Cl)c1C(=O)O. The molecule has 0 aromatic heterocycles. The zero-order valence-corrected chi connectivity index (χ0v) is 10.0. The fourth-order valence-corrected chi connectivity index (χ4v) is 1.46. The summed E-state index contributed by atoms with van der Waals surface area (Å²) in [5, 5.41) is 9.02. The van der Waals surface area contributed by atoms with Gasteiger partial charge in [0.05, 0.1) is 12.1 Å². The summed E-state index contributed by atoms with van der Waals surface area (Å²) in [5.41, 5.74) is -0.176. The van der Waals surface area contributed by atoms with Crippen molar-refractivity contribution < 1.29 is 24.2 Å². The number of rotatable bonds is 4. The van der Waals surface area contributed by atoms with Crippen molar-refractivity contribution in [2.45, 2.75) is 13.0 Å². The van der Waals surface area contributed by atoms with Crippen LogP contribution >= 0.6 is 11.6 Å². The van der Waals surface area contributed by atoms with Gasteiger partial charge in [-0.3, -0.25) is 0 Å². The number of aromatic carboxylic acids is 1. The average molecular weight is 259 g/mol. The molecule has 1 atom stereocenters. The molecule has 0 aliphatic carbocycles. The predicted octanol–water partition coefficient (Wildman–Crippen LogP) is 1.98. The molecule has 0 saturated heterocycles. The van der Waals surface area contributed by atoms with Crippen LogP contribution in [-0.4, -0.2) is 30.3 Å². The maximum absolute atomic E-state index is 11.2. The molecule has 6 heteroatoms. The normalized spacial score (nSPS) is 11.7. The van der Waals surface area contributed by atoms with Crippen molar-refractivity contribution in [1.82, 2.24) is 0 Å². The van der Waals surface area contributed by atoms with E-state index in [9.17, 15) is 9.59 Å². The zero-order chi connectivity index (χ0) is 13.0. The van der Waals surface area contributed by atoms with Crippen LogP contribution in [0.25, 0.3) is 0 Å². The molecule has 0 aliphatic heterocycles. The maximum Gasteiger partial charge on any atom is 0.346 e. The lowest BCUT2D eigenvalue weighted by atomic mass is 10.2. The first kappa shape index (κ1) is 13.3. The van der Waals surface area contributed by atoms with Crippen molar-refractivity contribution in [2.75, 3.05) is 7.11 Å². The molecule has 0 bridgehead atoms. The summed E-state index contributed by atoms with van der Waals surface area (Å²) >= 11 is 5.74. The average Bonchev–Trinajstić information content (AvgIpc) is 2.27. The molecule has 17 heavy (non-hydrogen) atoms. The van der Waals surface area contributed by atoms with Crippen molar-refractivity contribution >= 4 is 23.5 Å². The maximum atomic E-state index is 11.2. The summed E-state index contributed by atoms with van der Waals surface area (Å²) in [6.45, 7) is 1.46. The molecule has 1 N–H and O–H groups in total. The molecule has 0 aliphatic rings. The highest BCUT2D eigenvalue weighted by molar-refractivity contribution is 6.33. The molecular weight excluding hydrogens is 248 g/mol. The monoisotopic (exact) mass is 258 g/mol. The summed E-state index contributed by atoms with van der Waals surface area (Å²) in [4.78, 5) is 22.1. The van der Waals surface area contributed by atoms with Crippen LogP contribution in [0.3, 0.4) is 0 Å². The number of carboxylic acids is 1. The van der Waals surface area contributed by atoms with Gasteiger partial charge in [-0.25, -0.2) is 9.59 Å². The summed E-state index contributed by atoms with van der Waals surface area (Å²) in [5.74, 6) is -1.79. The minimum Gasteiger partial charge on any atom is -0.478 e. The van der Waals surface area contributed by atoms with E-state index in [2.05, 4.69) is 4.74 Å². The van der Waals surface area contributed by atoms with Gasteiger partial charge in [-0.2, -0.15) is 0 Å². The fourth-order valence-electron chi connectivity index (χ4n) is 1.21. The molecule has 1 aromatic carbocycles. The Morgan fingerprint density at radius 3 is 2.59 bits per heavy atom. The van der Waals surface area contributed by atoms with Crippen molar-refractivity contribution in [3.05, 3.63) is 28.8 Å². The molecule has 1 unspecified atom stereocenters. The second-order valence-corrected chi connectivity index (χ2v) is 3.61. The number of esters is 1. The van der Waals surface area contributed by atoms with Gasteiger partial charge in [0, 0.05) is 0 Å². The van der Waals surface area contributed by atoms with Crippen LogP contribution in [-0.2, 0) is 9.53 Å². The fraction of sp³-hybridized carbons (Fsp3) is 0.273. The molecule has 0 fully saturated rings. The Bertz CT molecular complexity index is 443. The molecule has 1 aromatic rings. The molecule has 92 valence electrons. The lowest BCUT2D eigenvalue weighted by Gasteiger charge is -2.14. The van der Waals surface area contributed by atoms with Crippen LogP contribution in [0.4, 0.5) is 0 Å². The molecule has 5 nitrogen and oxygen atoms in total. The molecule has 1 rings (SSSR count). The number of carbonyl (C=O) groups is 2. The van der Waals surface area contributed by atoms with Crippen LogP contribution < -0.4 is 4.74 Å². The Morgan fingerprint density at radius 1 is 1.41 bits per heavy atom. The van der Waals surface area contributed by atoms with Gasteiger partial charge in [0.2, 0.25) is 0 Å². The van der Waals surface area contributed by atoms with Gasteiger partial charge in [0.15, 0.2) is 6.10 Å². The van der Waals surface area contributed by atoms with E-state index in [-0.39, 0.29) is 16.3 Å². The number of halogens is 1. The van der Waals surface area contributed by atoms with E-state index in [0.717, 1.165) is 0 Å². The van der Waals surface area contributed by atoms with Gasteiger partial charge in [0.25, 0.3) is 0 Å². The molecular formula is C11H11ClO5. The van der Waals surface area contributed by atoms with Crippen LogP contribution in [0.15, 0.2) is 18.2 Å². The van der Waals surface area contributed by atoms with Gasteiger partial charge in [-0.15, -0.1) is 0 Å². The standard InChI is InChI=1S/C11H11ClO5/c1-6(11(15)16-2)17-8-5-3-4-7(12)9(8)10(13)14/h3-6H,1-2H3,(H,13,14). The van der Waals surface area contributed by atoms with E-state index in [4.69, 9.17) is 21.4 Å². The molecule has 0 saturated carbocycles. The number of carbonyl (C=O) groups excluding carboxylic acids is 1. The van der Waals surface area contributed by atoms with Gasteiger partial charge < -0.3 is 14.6 Å². The molecule has 0 heterocycles. The van der Waals surface area contributed by atoms with Crippen molar-refractivity contribution in [1.29, 1.82) is 0 Å². The van der Waals surface area contributed by atoms with E-state index in [0.29, 0.717) is 0 Å². The van der Waals surface area contributed by atoms with E-state index in [1.165, 1.54) is 32.2 Å².